The number of alkyl halides is 1. The van der Waals surface area contributed by atoms with Crippen LogP contribution in [0.5, 0.6) is 17.2 Å². The van der Waals surface area contributed by atoms with E-state index in [9.17, 15) is 10.1 Å². The molecular formula is C14H11BrClNO4. The molecule has 0 amide bonds. The van der Waals surface area contributed by atoms with Crippen LogP contribution < -0.4 is 9.47 Å². The first kappa shape index (κ1) is 15.6. The lowest BCUT2D eigenvalue weighted by Crippen LogP contribution is -1.94. The minimum Gasteiger partial charge on any atom is -0.493 e. The molecule has 21 heavy (non-hydrogen) atoms. The molecule has 0 fully saturated rings. The Bertz CT molecular complexity index is 678. The summed E-state index contributed by atoms with van der Waals surface area (Å²) in [5.74, 6) is 1.14. The van der Waals surface area contributed by atoms with Gasteiger partial charge in [-0.2, -0.15) is 0 Å². The van der Waals surface area contributed by atoms with Gasteiger partial charge >= 0.3 is 0 Å². The van der Waals surface area contributed by atoms with Crippen molar-refractivity contribution in [2.75, 3.05) is 7.11 Å². The van der Waals surface area contributed by atoms with Gasteiger partial charge in [-0.25, -0.2) is 0 Å². The summed E-state index contributed by atoms with van der Waals surface area (Å²) in [6.07, 6.45) is 0. The monoisotopic (exact) mass is 371 g/mol. The van der Waals surface area contributed by atoms with Gasteiger partial charge in [-0.05, 0) is 23.8 Å². The highest BCUT2D eigenvalue weighted by molar-refractivity contribution is 9.08. The minimum atomic E-state index is -0.493. The zero-order valence-corrected chi connectivity index (χ0v) is 13.3. The predicted molar refractivity (Wildman–Crippen MR) is 83.8 cm³/mol. The summed E-state index contributed by atoms with van der Waals surface area (Å²) >= 11 is 9.43. The molecule has 0 bridgehead atoms. The number of halogens is 2. The number of ether oxygens (including phenoxy) is 2. The van der Waals surface area contributed by atoms with Crippen molar-refractivity contribution in [2.45, 2.75) is 5.33 Å². The van der Waals surface area contributed by atoms with Crippen molar-refractivity contribution in [1.82, 2.24) is 0 Å². The van der Waals surface area contributed by atoms with E-state index in [1.54, 1.807) is 12.1 Å². The fourth-order valence-electron chi connectivity index (χ4n) is 1.69. The molecule has 0 aliphatic carbocycles. The summed E-state index contributed by atoms with van der Waals surface area (Å²) in [6.45, 7) is 0. The van der Waals surface area contributed by atoms with Crippen LogP contribution in [-0.4, -0.2) is 12.0 Å². The van der Waals surface area contributed by atoms with Crippen molar-refractivity contribution in [3.05, 3.63) is 57.1 Å². The van der Waals surface area contributed by atoms with E-state index in [1.165, 1.54) is 25.3 Å². The normalized spacial score (nSPS) is 10.2. The molecule has 2 aromatic rings. The van der Waals surface area contributed by atoms with Gasteiger partial charge in [0.05, 0.1) is 18.1 Å². The van der Waals surface area contributed by atoms with Gasteiger partial charge in [-0.1, -0.05) is 33.6 Å². The van der Waals surface area contributed by atoms with Gasteiger partial charge in [-0.3, -0.25) is 10.1 Å². The van der Waals surface area contributed by atoms with E-state index in [0.29, 0.717) is 21.9 Å². The van der Waals surface area contributed by atoms with E-state index in [-0.39, 0.29) is 11.4 Å². The number of hydrogen-bond donors (Lipinski definition) is 0. The second kappa shape index (κ2) is 6.78. The summed E-state index contributed by atoms with van der Waals surface area (Å²) < 4.78 is 10.8. The molecule has 0 aromatic heterocycles. The zero-order valence-electron chi connectivity index (χ0n) is 11.0. The van der Waals surface area contributed by atoms with Crippen molar-refractivity contribution in [2.24, 2.45) is 0 Å². The standard InChI is InChI=1S/C14H11BrClNO4/c1-20-13-5-3-10(17(18)19)6-14(13)21-11-4-2-9(8-15)12(16)7-11/h2-7H,8H2,1H3. The second-order valence-electron chi connectivity index (χ2n) is 4.08. The number of hydrogen-bond acceptors (Lipinski definition) is 4. The third-order valence-corrected chi connectivity index (χ3v) is 3.71. The number of nitrogens with zero attached hydrogens (tertiary/aromatic N) is 1. The van der Waals surface area contributed by atoms with Crippen molar-refractivity contribution >= 4 is 33.2 Å². The summed E-state index contributed by atoms with van der Waals surface area (Å²) in [5, 5.41) is 12.0. The number of non-ortho nitro benzene ring substituents is 1. The number of nitro benzene ring substituents is 1. The molecule has 2 rings (SSSR count). The van der Waals surface area contributed by atoms with Crippen molar-refractivity contribution < 1.29 is 14.4 Å². The Morgan fingerprint density at radius 2 is 2.00 bits per heavy atom. The van der Waals surface area contributed by atoms with E-state index < -0.39 is 4.92 Å². The van der Waals surface area contributed by atoms with Gasteiger partial charge in [0.15, 0.2) is 11.5 Å². The summed E-state index contributed by atoms with van der Waals surface area (Å²) in [4.78, 5) is 10.3. The molecule has 0 heterocycles. The highest BCUT2D eigenvalue weighted by Crippen LogP contribution is 2.36. The molecule has 5 nitrogen and oxygen atoms in total. The van der Waals surface area contributed by atoms with Crippen LogP contribution in [0.25, 0.3) is 0 Å². The summed E-state index contributed by atoms with van der Waals surface area (Å²) in [7, 11) is 1.47. The van der Waals surface area contributed by atoms with Crippen LogP contribution in [0.15, 0.2) is 36.4 Å². The van der Waals surface area contributed by atoms with Gasteiger partial charge in [-0.15, -0.1) is 0 Å². The van der Waals surface area contributed by atoms with Crippen LogP contribution in [0.2, 0.25) is 5.02 Å². The Labute approximate surface area is 134 Å². The predicted octanol–water partition coefficient (Wildman–Crippen LogP) is 4.94. The fourth-order valence-corrected chi connectivity index (χ4v) is 2.57. The number of rotatable bonds is 5. The topological polar surface area (TPSA) is 61.6 Å². The Balaban J connectivity index is 2.35. The van der Waals surface area contributed by atoms with Crippen LogP contribution in [0, 0.1) is 10.1 Å². The highest BCUT2D eigenvalue weighted by atomic mass is 79.9. The smallest absolute Gasteiger partial charge is 0.273 e. The van der Waals surface area contributed by atoms with Gasteiger partial charge < -0.3 is 9.47 Å². The van der Waals surface area contributed by atoms with E-state index in [2.05, 4.69) is 15.9 Å². The summed E-state index contributed by atoms with van der Waals surface area (Å²) in [6, 6.07) is 9.35. The molecule has 0 atom stereocenters. The van der Waals surface area contributed by atoms with Gasteiger partial charge in [0, 0.05) is 16.4 Å². The number of benzene rings is 2. The van der Waals surface area contributed by atoms with E-state index in [1.807, 2.05) is 6.07 Å². The zero-order chi connectivity index (χ0) is 15.4. The third kappa shape index (κ3) is 3.65. The average Bonchev–Trinajstić information content (AvgIpc) is 2.47. The molecule has 0 aliphatic rings. The van der Waals surface area contributed by atoms with Crippen molar-refractivity contribution in [3.8, 4) is 17.2 Å². The SMILES string of the molecule is COc1ccc([N+](=O)[O-])cc1Oc1ccc(CBr)c(Cl)c1. The molecule has 7 heteroatoms. The second-order valence-corrected chi connectivity index (χ2v) is 5.05. The largest absolute Gasteiger partial charge is 0.493 e. The van der Waals surface area contributed by atoms with Crippen LogP contribution in [-0.2, 0) is 5.33 Å². The average molecular weight is 373 g/mol. The quantitative estimate of drug-likeness (QED) is 0.423. The molecule has 110 valence electrons. The molecule has 0 unspecified atom stereocenters. The van der Waals surface area contributed by atoms with Gasteiger partial charge in [0.1, 0.15) is 5.75 Å². The summed E-state index contributed by atoms with van der Waals surface area (Å²) in [5.41, 5.74) is 0.851. The van der Waals surface area contributed by atoms with Crippen molar-refractivity contribution in [3.63, 3.8) is 0 Å². The third-order valence-electron chi connectivity index (χ3n) is 2.75. The Kier molecular flexibility index (Phi) is 5.03. The molecule has 0 aliphatic heterocycles. The van der Waals surface area contributed by atoms with Crippen LogP contribution in [0.4, 0.5) is 5.69 Å². The Hall–Kier alpha value is -1.79. The van der Waals surface area contributed by atoms with Gasteiger partial charge in [0.25, 0.3) is 5.69 Å². The molecule has 2 aromatic carbocycles. The van der Waals surface area contributed by atoms with Crippen LogP contribution in [0.1, 0.15) is 5.56 Å². The first-order valence-electron chi connectivity index (χ1n) is 5.90. The molecule has 0 N–H and O–H groups in total. The van der Waals surface area contributed by atoms with Gasteiger partial charge in [0.2, 0.25) is 0 Å². The van der Waals surface area contributed by atoms with Crippen molar-refractivity contribution in [1.29, 1.82) is 0 Å². The maximum atomic E-state index is 10.8. The lowest BCUT2D eigenvalue weighted by Gasteiger charge is -2.11. The Morgan fingerprint density at radius 1 is 1.24 bits per heavy atom. The first-order valence-corrected chi connectivity index (χ1v) is 7.39. The van der Waals surface area contributed by atoms with Crippen LogP contribution >= 0.6 is 27.5 Å². The minimum absolute atomic E-state index is 0.0750. The van der Waals surface area contributed by atoms with E-state index in [0.717, 1.165) is 5.56 Å². The molecule has 0 spiro atoms. The molecule has 0 saturated heterocycles. The lowest BCUT2D eigenvalue weighted by molar-refractivity contribution is -0.384. The lowest BCUT2D eigenvalue weighted by atomic mass is 10.2. The maximum Gasteiger partial charge on any atom is 0.273 e. The first-order chi connectivity index (χ1) is 10.0. The van der Waals surface area contributed by atoms with Crippen LogP contribution in [0.3, 0.4) is 0 Å². The van der Waals surface area contributed by atoms with E-state index >= 15 is 0 Å². The van der Waals surface area contributed by atoms with E-state index in [4.69, 9.17) is 21.1 Å². The maximum absolute atomic E-state index is 10.8. The number of methoxy groups -OCH3 is 1. The molecule has 0 radical (unpaired) electrons. The molecule has 0 saturated carbocycles. The Morgan fingerprint density at radius 3 is 2.57 bits per heavy atom. The molecular weight excluding hydrogens is 362 g/mol. The fraction of sp³-hybridized carbons (Fsp3) is 0.143. The number of nitro groups is 1. The highest BCUT2D eigenvalue weighted by Gasteiger charge is 2.13.